The van der Waals surface area contributed by atoms with E-state index in [2.05, 4.69) is 15.0 Å². The number of carbonyl (C=O) groups excluding carboxylic acids is 1. The molecule has 38 heavy (non-hydrogen) atoms. The SMILES string of the molecule is CN=C/C(=C(\N)c1ccc(OCc2nc3ccccc3cc2C(=O)N(C)S(C)(=O)=O)cc1)c1ccncc1. The molecule has 4 rings (SSSR count). The van der Waals surface area contributed by atoms with Crippen molar-refractivity contribution in [2.24, 2.45) is 10.7 Å². The minimum atomic E-state index is -3.75. The summed E-state index contributed by atoms with van der Waals surface area (Å²) in [6.07, 6.45) is 6.06. The van der Waals surface area contributed by atoms with Gasteiger partial charge in [-0.05, 0) is 59.7 Å². The van der Waals surface area contributed by atoms with Crippen LogP contribution in [0.25, 0.3) is 22.2 Å². The molecular weight excluding hydrogens is 502 g/mol. The number of sulfonamides is 1. The summed E-state index contributed by atoms with van der Waals surface area (Å²) in [5, 5.41) is 0.716. The molecule has 0 spiro atoms. The number of allylic oxidation sites excluding steroid dienone is 1. The van der Waals surface area contributed by atoms with Gasteiger partial charge in [-0.25, -0.2) is 17.7 Å². The number of para-hydroxylation sites is 1. The van der Waals surface area contributed by atoms with Crippen LogP contribution in [-0.4, -0.2) is 55.2 Å². The van der Waals surface area contributed by atoms with E-state index in [1.54, 1.807) is 43.9 Å². The van der Waals surface area contributed by atoms with Gasteiger partial charge in [0, 0.05) is 49.4 Å². The molecule has 2 aromatic carbocycles. The highest BCUT2D eigenvalue weighted by atomic mass is 32.2. The maximum Gasteiger partial charge on any atom is 0.269 e. The fraction of sp³-hybridized carbons (Fsp3) is 0.143. The highest BCUT2D eigenvalue weighted by Gasteiger charge is 2.24. The Balaban J connectivity index is 1.62. The molecule has 10 heteroatoms. The van der Waals surface area contributed by atoms with Gasteiger partial charge in [0.2, 0.25) is 10.0 Å². The number of nitrogens with zero attached hydrogens (tertiary/aromatic N) is 4. The van der Waals surface area contributed by atoms with Gasteiger partial charge in [-0.15, -0.1) is 0 Å². The van der Waals surface area contributed by atoms with E-state index in [-0.39, 0.29) is 12.2 Å². The molecule has 0 saturated heterocycles. The molecule has 0 aliphatic carbocycles. The zero-order chi connectivity index (χ0) is 27.3. The van der Waals surface area contributed by atoms with Gasteiger partial charge < -0.3 is 10.5 Å². The molecule has 0 atom stereocenters. The Labute approximate surface area is 221 Å². The molecule has 0 aliphatic heterocycles. The van der Waals surface area contributed by atoms with E-state index in [4.69, 9.17) is 10.5 Å². The second kappa shape index (κ2) is 11.2. The number of amides is 1. The minimum absolute atomic E-state index is 0.0427. The van der Waals surface area contributed by atoms with Crippen molar-refractivity contribution >= 4 is 44.3 Å². The molecule has 194 valence electrons. The van der Waals surface area contributed by atoms with Gasteiger partial charge in [-0.1, -0.05) is 18.2 Å². The third-order valence-corrected chi connectivity index (χ3v) is 7.06. The van der Waals surface area contributed by atoms with Crippen molar-refractivity contribution < 1.29 is 17.9 Å². The van der Waals surface area contributed by atoms with Crippen LogP contribution < -0.4 is 10.5 Å². The summed E-state index contributed by atoms with van der Waals surface area (Å²) in [6, 6.07) is 19.8. The summed E-state index contributed by atoms with van der Waals surface area (Å²) >= 11 is 0. The average Bonchev–Trinajstić information content (AvgIpc) is 2.93. The fourth-order valence-corrected chi connectivity index (χ4v) is 4.17. The number of nitrogens with two attached hydrogens (primary N) is 1. The molecule has 0 saturated carbocycles. The molecule has 0 aliphatic rings. The van der Waals surface area contributed by atoms with Crippen LogP contribution in [0.1, 0.15) is 27.2 Å². The first-order valence-electron chi connectivity index (χ1n) is 11.6. The van der Waals surface area contributed by atoms with Crippen LogP contribution in [-0.2, 0) is 16.6 Å². The lowest BCUT2D eigenvalue weighted by atomic mass is 10.0. The van der Waals surface area contributed by atoms with Crippen molar-refractivity contribution in [3.63, 3.8) is 0 Å². The zero-order valence-corrected chi connectivity index (χ0v) is 22.0. The molecule has 1 amide bonds. The molecule has 0 radical (unpaired) electrons. The largest absolute Gasteiger partial charge is 0.487 e. The Morgan fingerprint density at radius 2 is 1.74 bits per heavy atom. The van der Waals surface area contributed by atoms with E-state index in [0.717, 1.165) is 23.0 Å². The summed E-state index contributed by atoms with van der Waals surface area (Å²) < 4.78 is 30.6. The summed E-state index contributed by atoms with van der Waals surface area (Å²) in [6.45, 7) is -0.0427. The second-order valence-electron chi connectivity index (χ2n) is 8.47. The van der Waals surface area contributed by atoms with Crippen LogP contribution in [0.5, 0.6) is 5.75 Å². The van der Waals surface area contributed by atoms with Crippen LogP contribution in [0, 0.1) is 0 Å². The van der Waals surface area contributed by atoms with E-state index in [0.29, 0.717) is 32.3 Å². The third-order valence-electron chi connectivity index (χ3n) is 5.90. The first-order valence-corrected chi connectivity index (χ1v) is 13.5. The molecule has 4 aromatic rings. The monoisotopic (exact) mass is 529 g/mol. The number of rotatable bonds is 8. The number of pyridine rings is 2. The number of benzene rings is 2. The van der Waals surface area contributed by atoms with Crippen LogP contribution in [0.2, 0.25) is 0 Å². The lowest BCUT2D eigenvalue weighted by molar-refractivity contribution is 0.0880. The van der Waals surface area contributed by atoms with E-state index >= 15 is 0 Å². The van der Waals surface area contributed by atoms with Crippen LogP contribution in [0.15, 0.2) is 84.1 Å². The lowest BCUT2D eigenvalue weighted by Gasteiger charge is -2.17. The molecule has 0 bridgehead atoms. The predicted molar refractivity (Wildman–Crippen MR) is 149 cm³/mol. The molecule has 2 N–H and O–H groups in total. The Morgan fingerprint density at radius 3 is 2.39 bits per heavy atom. The number of fused-ring (bicyclic) bond motifs is 1. The first kappa shape index (κ1) is 26.5. The molecule has 2 heterocycles. The number of carbonyl (C=O) groups is 1. The Hall–Kier alpha value is -4.57. The van der Waals surface area contributed by atoms with Crippen LogP contribution >= 0.6 is 0 Å². The maximum absolute atomic E-state index is 13.0. The van der Waals surface area contributed by atoms with Crippen molar-refractivity contribution in [1.29, 1.82) is 0 Å². The van der Waals surface area contributed by atoms with Gasteiger partial charge in [-0.2, -0.15) is 0 Å². The van der Waals surface area contributed by atoms with E-state index in [1.165, 1.54) is 7.05 Å². The highest BCUT2D eigenvalue weighted by molar-refractivity contribution is 7.88. The Morgan fingerprint density at radius 1 is 1.05 bits per heavy atom. The molecular formula is C28H27N5O4S. The standard InChI is InChI=1S/C28H27N5O4S/c1-30-17-24(19-12-14-31-15-13-19)27(29)20-8-10-22(11-9-20)37-18-26-23(28(34)33(2)38(3,35)36)16-21-6-4-5-7-25(21)32-26/h4-17H,18,29H2,1-3H3/b27-24+,30-17?. The molecule has 9 nitrogen and oxygen atoms in total. The van der Waals surface area contributed by atoms with Crippen molar-refractivity contribution in [1.82, 2.24) is 14.3 Å². The van der Waals surface area contributed by atoms with E-state index < -0.39 is 15.9 Å². The maximum atomic E-state index is 13.0. The second-order valence-corrected chi connectivity index (χ2v) is 10.5. The highest BCUT2D eigenvalue weighted by Crippen LogP contribution is 2.25. The van der Waals surface area contributed by atoms with Crippen LogP contribution in [0.4, 0.5) is 0 Å². The number of aliphatic imine (C=N–C) groups is 1. The van der Waals surface area contributed by atoms with Crippen LogP contribution in [0.3, 0.4) is 0 Å². The number of ether oxygens (including phenoxy) is 1. The van der Waals surface area contributed by atoms with Crippen molar-refractivity contribution in [3.05, 3.63) is 102 Å². The summed E-state index contributed by atoms with van der Waals surface area (Å²) in [7, 11) is -0.846. The molecule has 0 unspecified atom stereocenters. The Kier molecular flexibility index (Phi) is 7.82. The fourth-order valence-electron chi connectivity index (χ4n) is 3.77. The van der Waals surface area contributed by atoms with E-state index in [9.17, 15) is 13.2 Å². The number of hydrogen-bond acceptors (Lipinski definition) is 8. The zero-order valence-electron chi connectivity index (χ0n) is 21.2. The van der Waals surface area contributed by atoms with Gasteiger partial charge in [0.05, 0.1) is 23.0 Å². The molecule has 2 aromatic heterocycles. The smallest absolute Gasteiger partial charge is 0.269 e. The summed E-state index contributed by atoms with van der Waals surface area (Å²) in [4.78, 5) is 25.8. The number of aromatic nitrogens is 2. The van der Waals surface area contributed by atoms with Crippen molar-refractivity contribution in [2.75, 3.05) is 20.4 Å². The van der Waals surface area contributed by atoms with E-state index in [1.807, 2.05) is 48.5 Å². The van der Waals surface area contributed by atoms with Gasteiger partial charge in [0.25, 0.3) is 5.91 Å². The average molecular weight is 530 g/mol. The summed E-state index contributed by atoms with van der Waals surface area (Å²) in [5.41, 5.74) is 10.6. The third kappa shape index (κ3) is 5.87. The predicted octanol–water partition coefficient (Wildman–Crippen LogP) is 3.77. The van der Waals surface area contributed by atoms with Gasteiger partial charge in [0.15, 0.2) is 0 Å². The van der Waals surface area contributed by atoms with Gasteiger partial charge in [0.1, 0.15) is 12.4 Å². The normalized spacial score (nSPS) is 12.4. The Bertz CT molecular complexity index is 1630. The quantitative estimate of drug-likeness (QED) is 0.344. The first-order chi connectivity index (χ1) is 18.2. The topological polar surface area (TPSA) is 128 Å². The van der Waals surface area contributed by atoms with Gasteiger partial charge in [-0.3, -0.25) is 14.8 Å². The minimum Gasteiger partial charge on any atom is -0.487 e. The van der Waals surface area contributed by atoms with Crippen molar-refractivity contribution in [2.45, 2.75) is 6.61 Å². The lowest BCUT2D eigenvalue weighted by Crippen LogP contribution is -2.33. The molecule has 0 fully saturated rings. The number of hydrogen-bond donors (Lipinski definition) is 1. The van der Waals surface area contributed by atoms with Gasteiger partial charge >= 0.3 is 0 Å². The summed E-state index contributed by atoms with van der Waals surface area (Å²) in [5.74, 6) is -0.153. The van der Waals surface area contributed by atoms with Crippen molar-refractivity contribution in [3.8, 4) is 5.75 Å².